The molecular weight excluding hydrogens is 382 g/mol. The van der Waals surface area contributed by atoms with Gasteiger partial charge in [-0.1, -0.05) is 11.6 Å². The first-order valence-corrected chi connectivity index (χ1v) is 10.4. The summed E-state index contributed by atoms with van der Waals surface area (Å²) >= 11 is 5.75. The van der Waals surface area contributed by atoms with Crippen molar-refractivity contribution in [3.63, 3.8) is 0 Å². The number of esters is 1. The van der Waals surface area contributed by atoms with E-state index in [0.29, 0.717) is 17.0 Å². The molecule has 0 spiro atoms. The SMILES string of the molecule is C[C@@H](OC(=O)CCC(=O)c1ccc(Cl)cc1)C(=O)N[C@H]1CCS(=O)(=O)C1. The highest BCUT2D eigenvalue weighted by Gasteiger charge is 2.30. The minimum Gasteiger partial charge on any atom is -0.453 e. The Morgan fingerprint density at radius 1 is 1.23 bits per heavy atom. The Labute approximate surface area is 157 Å². The molecule has 0 unspecified atom stereocenters. The molecule has 1 aliphatic rings. The quantitative estimate of drug-likeness (QED) is 0.548. The van der Waals surface area contributed by atoms with E-state index in [2.05, 4.69) is 5.32 Å². The van der Waals surface area contributed by atoms with Gasteiger partial charge in [0.15, 0.2) is 21.7 Å². The molecule has 1 fully saturated rings. The van der Waals surface area contributed by atoms with Crippen LogP contribution in [-0.2, 0) is 24.2 Å². The first-order chi connectivity index (χ1) is 12.2. The van der Waals surface area contributed by atoms with E-state index in [1.807, 2.05) is 0 Å². The fourth-order valence-electron chi connectivity index (χ4n) is 2.53. The molecule has 0 aromatic heterocycles. The van der Waals surface area contributed by atoms with Crippen LogP contribution in [0.3, 0.4) is 0 Å². The largest absolute Gasteiger partial charge is 0.453 e. The number of sulfone groups is 1. The van der Waals surface area contributed by atoms with Crippen LogP contribution < -0.4 is 5.32 Å². The second kappa shape index (κ2) is 8.64. The van der Waals surface area contributed by atoms with Crippen LogP contribution in [0.4, 0.5) is 0 Å². The lowest BCUT2D eigenvalue weighted by Crippen LogP contribution is -2.42. The lowest BCUT2D eigenvalue weighted by atomic mass is 10.1. The fraction of sp³-hybridized carbons (Fsp3) is 0.471. The van der Waals surface area contributed by atoms with Crippen molar-refractivity contribution in [2.75, 3.05) is 11.5 Å². The summed E-state index contributed by atoms with van der Waals surface area (Å²) in [5, 5.41) is 3.07. The van der Waals surface area contributed by atoms with Gasteiger partial charge in [-0.05, 0) is 37.6 Å². The van der Waals surface area contributed by atoms with Gasteiger partial charge >= 0.3 is 5.97 Å². The molecule has 9 heteroatoms. The monoisotopic (exact) mass is 401 g/mol. The zero-order chi connectivity index (χ0) is 19.3. The number of ether oxygens (including phenoxy) is 1. The van der Waals surface area contributed by atoms with Crippen LogP contribution in [0, 0.1) is 0 Å². The predicted molar refractivity (Wildman–Crippen MR) is 95.8 cm³/mol. The molecule has 142 valence electrons. The summed E-state index contributed by atoms with van der Waals surface area (Å²) in [6.45, 7) is 1.40. The van der Waals surface area contributed by atoms with Crippen LogP contribution >= 0.6 is 11.6 Å². The number of hydrogen-bond acceptors (Lipinski definition) is 6. The van der Waals surface area contributed by atoms with E-state index in [1.54, 1.807) is 24.3 Å². The van der Waals surface area contributed by atoms with Crippen LogP contribution in [0.25, 0.3) is 0 Å². The molecule has 0 radical (unpaired) electrons. The number of benzene rings is 1. The Hall–Kier alpha value is -1.93. The highest BCUT2D eigenvalue weighted by molar-refractivity contribution is 7.91. The summed E-state index contributed by atoms with van der Waals surface area (Å²) < 4.78 is 27.8. The maximum absolute atomic E-state index is 12.0. The van der Waals surface area contributed by atoms with Crippen LogP contribution in [0.2, 0.25) is 5.02 Å². The molecule has 1 saturated heterocycles. The summed E-state index contributed by atoms with van der Waals surface area (Å²) in [7, 11) is -3.11. The maximum atomic E-state index is 12.0. The van der Waals surface area contributed by atoms with Crippen LogP contribution in [0.5, 0.6) is 0 Å². The Kier molecular flexibility index (Phi) is 6.77. The van der Waals surface area contributed by atoms with E-state index in [0.717, 1.165) is 0 Å². The van der Waals surface area contributed by atoms with Crippen molar-refractivity contribution < 1.29 is 27.5 Å². The zero-order valence-corrected chi connectivity index (χ0v) is 15.8. The number of nitrogens with one attached hydrogen (secondary N) is 1. The zero-order valence-electron chi connectivity index (χ0n) is 14.2. The van der Waals surface area contributed by atoms with Crippen molar-refractivity contribution >= 4 is 39.1 Å². The van der Waals surface area contributed by atoms with E-state index in [-0.39, 0.29) is 30.1 Å². The number of carbonyl (C=O) groups is 3. The number of hydrogen-bond donors (Lipinski definition) is 1. The molecule has 0 saturated carbocycles. The molecule has 0 bridgehead atoms. The molecule has 0 aliphatic carbocycles. The van der Waals surface area contributed by atoms with E-state index in [4.69, 9.17) is 16.3 Å². The number of halogens is 1. The molecule has 1 N–H and O–H groups in total. The molecule has 1 aliphatic heterocycles. The summed E-state index contributed by atoms with van der Waals surface area (Å²) in [5.74, 6) is -1.51. The smallest absolute Gasteiger partial charge is 0.307 e. The molecule has 1 amide bonds. The number of ketones is 1. The third kappa shape index (κ3) is 6.10. The lowest BCUT2D eigenvalue weighted by molar-refractivity contribution is -0.154. The summed E-state index contributed by atoms with van der Waals surface area (Å²) in [4.78, 5) is 35.8. The predicted octanol–water partition coefficient (Wildman–Crippen LogP) is 1.54. The lowest BCUT2D eigenvalue weighted by Gasteiger charge is -2.16. The Bertz CT molecular complexity index is 790. The van der Waals surface area contributed by atoms with Gasteiger partial charge in [0.05, 0.1) is 17.9 Å². The standard InChI is InChI=1S/C17H20ClNO6S/c1-11(17(22)19-14-8-9-26(23,24)10-14)25-16(21)7-6-15(20)12-2-4-13(18)5-3-12/h2-5,11,14H,6-10H2,1H3,(H,19,22)/t11-,14+/m1/s1. The number of Topliss-reactive ketones (excluding diaryl/α,β-unsaturated/α-hetero) is 1. The highest BCUT2D eigenvalue weighted by Crippen LogP contribution is 2.13. The molecule has 2 rings (SSSR count). The van der Waals surface area contributed by atoms with E-state index in [1.165, 1.54) is 6.92 Å². The molecule has 26 heavy (non-hydrogen) atoms. The Balaban J connectivity index is 1.75. The third-order valence-electron chi connectivity index (χ3n) is 3.98. The van der Waals surface area contributed by atoms with Crippen molar-refractivity contribution in [1.82, 2.24) is 5.32 Å². The second-order valence-electron chi connectivity index (χ2n) is 6.17. The summed E-state index contributed by atoms with van der Waals surface area (Å²) in [6, 6.07) is 5.86. The topological polar surface area (TPSA) is 107 Å². The fourth-order valence-corrected chi connectivity index (χ4v) is 4.33. The molecule has 1 aromatic carbocycles. The number of amides is 1. The van der Waals surface area contributed by atoms with E-state index in [9.17, 15) is 22.8 Å². The van der Waals surface area contributed by atoms with Crippen molar-refractivity contribution in [3.8, 4) is 0 Å². The maximum Gasteiger partial charge on any atom is 0.307 e. The van der Waals surface area contributed by atoms with E-state index < -0.39 is 33.9 Å². The first-order valence-electron chi connectivity index (χ1n) is 8.15. The van der Waals surface area contributed by atoms with Crippen molar-refractivity contribution in [2.24, 2.45) is 0 Å². The van der Waals surface area contributed by atoms with Crippen LogP contribution in [0.1, 0.15) is 36.5 Å². The Morgan fingerprint density at radius 2 is 1.88 bits per heavy atom. The first kappa shape index (κ1) is 20.4. The molecular formula is C17H20ClNO6S. The normalized spacial score (nSPS) is 19.5. The summed E-state index contributed by atoms with van der Waals surface area (Å²) in [6.07, 6.45) is -0.909. The average molecular weight is 402 g/mol. The van der Waals surface area contributed by atoms with Gasteiger partial charge in [-0.25, -0.2) is 8.42 Å². The average Bonchev–Trinajstić information content (AvgIpc) is 2.91. The molecule has 1 heterocycles. The second-order valence-corrected chi connectivity index (χ2v) is 8.84. The number of carbonyl (C=O) groups excluding carboxylic acids is 3. The van der Waals surface area contributed by atoms with E-state index >= 15 is 0 Å². The van der Waals surface area contributed by atoms with Crippen LogP contribution in [-0.4, -0.2) is 49.7 Å². The third-order valence-corrected chi connectivity index (χ3v) is 6.00. The molecule has 1 aromatic rings. The van der Waals surface area contributed by atoms with Gasteiger partial charge < -0.3 is 10.1 Å². The van der Waals surface area contributed by atoms with Gasteiger partial charge in [0.25, 0.3) is 5.91 Å². The molecule has 7 nitrogen and oxygen atoms in total. The Morgan fingerprint density at radius 3 is 2.46 bits per heavy atom. The van der Waals surface area contributed by atoms with Gasteiger partial charge in [-0.3, -0.25) is 14.4 Å². The van der Waals surface area contributed by atoms with Crippen molar-refractivity contribution in [1.29, 1.82) is 0 Å². The van der Waals surface area contributed by atoms with Gasteiger partial charge in [0.2, 0.25) is 0 Å². The minimum absolute atomic E-state index is 0.0406. The number of rotatable bonds is 7. The van der Waals surface area contributed by atoms with Crippen molar-refractivity contribution in [3.05, 3.63) is 34.9 Å². The van der Waals surface area contributed by atoms with Crippen molar-refractivity contribution in [2.45, 2.75) is 38.3 Å². The van der Waals surface area contributed by atoms with Gasteiger partial charge in [-0.2, -0.15) is 0 Å². The summed E-state index contributed by atoms with van der Waals surface area (Å²) in [5.41, 5.74) is 0.440. The van der Waals surface area contributed by atoms with Gasteiger partial charge in [-0.15, -0.1) is 0 Å². The molecule has 2 atom stereocenters. The van der Waals surface area contributed by atoms with Gasteiger partial charge in [0, 0.05) is 23.0 Å². The minimum atomic E-state index is -3.11. The van der Waals surface area contributed by atoms with Crippen LogP contribution in [0.15, 0.2) is 24.3 Å². The van der Waals surface area contributed by atoms with Gasteiger partial charge in [0.1, 0.15) is 0 Å². The highest BCUT2D eigenvalue weighted by atomic mass is 35.5.